The maximum absolute atomic E-state index is 14.4. The molecule has 66 heavy (non-hydrogen) atoms. The topological polar surface area (TPSA) is 94.3 Å². The molecule has 0 aliphatic carbocycles. The zero-order valence-corrected chi connectivity index (χ0v) is 34.1. The summed E-state index contributed by atoms with van der Waals surface area (Å²) in [6.07, 6.45) is -4.74. The van der Waals surface area contributed by atoms with Gasteiger partial charge in [0.15, 0.2) is 17.1 Å². The van der Waals surface area contributed by atoms with Gasteiger partial charge < -0.3 is 9.13 Å². The molecular formula is C55H25F3N8. The number of halogens is 3. The van der Waals surface area contributed by atoms with Crippen molar-refractivity contribution in [1.82, 2.24) is 9.13 Å². The second-order valence-electron chi connectivity index (χ2n) is 15.5. The van der Waals surface area contributed by atoms with Crippen LogP contribution in [0.2, 0.25) is 0 Å². The molecule has 11 heteroatoms. The highest BCUT2D eigenvalue weighted by molar-refractivity contribution is 6.13. The molecule has 0 fully saturated rings. The van der Waals surface area contributed by atoms with Gasteiger partial charge in [-0.25, -0.2) is 14.5 Å². The predicted molar refractivity (Wildman–Crippen MR) is 249 cm³/mol. The van der Waals surface area contributed by atoms with Gasteiger partial charge >= 0.3 is 6.18 Å². The Morgan fingerprint density at radius 1 is 0.439 bits per heavy atom. The van der Waals surface area contributed by atoms with Crippen LogP contribution in [0.4, 0.5) is 30.2 Å². The van der Waals surface area contributed by atoms with Crippen molar-refractivity contribution in [2.75, 3.05) is 0 Å². The van der Waals surface area contributed by atoms with Crippen LogP contribution in [0.1, 0.15) is 22.3 Å². The summed E-state index contributed by atoms with van der Waals surface area (Å²) in [5.41, 5.74) is 6.78. The van der Waals surface area contributed by atoms with Crippen LogP contribution in [0.5, 0.6) is 0 Å². The van der Waals surface area contributed by atoms with Gasteiger partial charge in [-0.15, -0.1) is 0 Å². The summed E-state index contributed by atoms with van der Waals surface area (Å²) in [6.45, 7) is 23.7. The summed E-state index contributed by atoms with van der Waals surface area (Å²) in [5.74, 6) is 0. The van der Waals surface area contributed by atoms with Gasteiger partial charge in [0, 0.05) is 43.8 Å². The van der Waals surface area contributed by atoms with Crippen LogP contribution < -0.4 is 0 Å². The third-order valence-electron chi connectivity index (χ3n) is 11.8. The van der Waals surface area contributed by atoms with Crippen molar-refractivity contribution in [1.29, 1.82) is 15.8 Å². The van der Waals surface area contributed by atoms with E-state index in [1.54, 1.807) is 36.4 Å². The van der Waals surface area contributed by atoms with Crippen molar-refractivity contribution in [3.05, 3.63) is 208 Å². The number of alkyl halides is 3. The summed E-state index contributed by atoms with van der Waals surface area (Å²) < 4.78 is 47.0. The van der Waals surface area contributed by atoms with Crippen LogP contribution in [0.3, 0.4) is 0 Å². The lowest BCUT2D eigenvalue weighted by Gasteiger charge is -2.22. The monoisotopic (exact) mass is 854 g/mol. The van der Waals surface area contributed by atoms with Crippen molar-refractivity contribution in [2.24, 2.45) is 0 Å². The zero-order valence-electron chi connectivity index (χ0n) is 34.1. The van der Waals surface area contributed by atoms with Crippen molar-refractivity contribution in [2.45, 2.75) is 6.18 Å². The summed E-state index contributed by atoms with van der Waals surface area (Å²) in [6, 6.07) is 49.6. The highest BCUT2D eigenvalue weighted by Crippen LogP contribution is 2.47. The Hall–Kier alpha value is -9.91. The first kappa shape index (κ1) is 40.2. The van der Waals surface area contributed by atoms with Gasteiger partial charge in [0.1, 0.15) is 0 Å². The van der Waals surface area contributed by atoms with Gasteiger partial charge in [0.25, 0.3) is 0 Å². The molecular weight excluding hydrogens is 830 g/mol. The second-order valence-corrected chi connectivity index (χ2v) is 15.5. The standard InChI is InChI=1S/C55H25F3N8/c1-62-40-20-32(29-59)18-37(24-40)35-12-15-44-42-8-4-6-10-48(42)65(50(44)26-35)52-22-34(31-61)23-53(54(52)46-17-14-39(55(56,57)58)28-47(46)64-3)66-49-11-7-5-9-43(49)45-16-13-36(27-51(45)66)38-19-33(30-60)21-41(25-38)63-2/h4-28H. The number of rotatable bonds is 5. The SMILES string of the molecule is [C-]#[N+]c1cc(C#N)cc(-c2ccc3c4ccccc4n(-c4cc(C#N)cc(-n5c6ccccc6c6ccc(-c7cc(C#N)cc([N+]#[C-])c7)cc65)c4-c4ccc(C(F)(F)F)cc4[N+]#[C-])c3c2)c1. The lowest BCUT2D eigenvalue weighted by molar-refractivity contribution is -0.137. The Morgan fingerprint density at radius 3 is 1.33 bits per heavy atom. The van der Waals surface area contributed by atoms with E-state index < -0.39 is 11.7 Å². The predicted octanol–water partition coefficient (Wildman–Crippen LogP) is 15.2. The van der Waals surface area contributed by atoms with Crippen LogP contribution in [0, 0.1) is 53.7 Å². The van der Waals surface area contributed by atoms with E-state index in [1.807, 2.05) is 94.1 Å². The van der Waals surface area contributed by atoms with Gasteiger partial charge in [-0.1, -0.05) is 72.8 Å². The van der Waals surface area contributed by atoms with Gasteiger partial charge in [-0.3, -0.25) is 0 Å². The number of aromatic nitrogens is 2. The Balaban J connectivity index is 1.38. The Morgan fingerprint density at radius 2 is 0.894 bits per heavy atom. The van der Waals surface area contributed by atoms with Crippen LogP contribution in [-0.2, 0) is 6.18 Å². The average Bonchev–Trinajstić information content (AvgIpc) is 3.87. The molecule has 0 saturated carbocycles. The molecule has 0 spiro atoms. The molecule has 10 aromatic rings. The van der Waals surface area contributed by atoms with Crippen LogP contribution in [-0.4, -0.2) is 9.13 Å². The number of fused-ring (bicyclic) bond motifs is 6. The first-order valence-electron chi connectivity index (χ1n) is 20.2. The number of nitrogens with zero attached hydrogens (tertiary/aromatic N) is 8. The van der Waals surface area contributed by atoms with E-state index in [9.17, 15) is 29.0 Å². The number of benzene rings is 8. The van der Waals surface area contributed by atoms with Gasteiger partial charge in [0.2, 0.25) is 0 Å². The van der Waals surface area contributed by atoms with E-state index in [0.29, 0.717) is 72.4 Å². The maximum atomic E-state index is 14.4. The molecule has 0 saturated heterocycles. The summed E-state index contributed by atoms with van der Waals surface area (Å²) in [5, 5.41) is 33.8. The second kappa shape index (κ2) is 15.5. The summed E-state index contributed by atoms with van der Waals surface area (Å²) in [7, 11) is 0. The van der Waals surface area contributed by atoms with Crippen molar-refractivity contribution < 1.29 is 13.2 Å². The Kier molecular flexibility index (Phi) is 9.41. The normalized spacial score (nSPS) is 11.2. The molecule has 0 atom stereocenters. The largest absolute Gasteiger partial charge is 0.415 e. The van der Waals surface area contributed by atoms with E-state index in [2.05, 4.69) is 32.7 Å². The average molecular weight is 855 g/mol. The van der Waals surface area contributed by atoms with Gasteiger partial charge in [0.05, 0.1) is 76.9 Å². The molecule has 10 rings (SSSR count). The van der Waals surface area contributed by atoms with E-state index in [-0.39, 0.29) is 28.2 Å². The maximum Gasteiger partial charge on any atom is 0.415 e. The van der Waals surface area contributed by atoms with Crippen molar-refractivity contribution in [3.63, 3.8) is 0 Å². The van der Waals surface area contributed by atoms with Crippen LogP contribution in [0.15, 0.2) is 152 Å². The molecule has 2 aromatic heterocycles. The lowest BCUT2D eigenvalue weighted by Crippen LogP contribution is -2.07. The third-order valence-corrected chi connectivity index (χ3v) is 11.8. The molecule has 306 valence electrons. The molecule has 0 N–H and O–H groups in total. The van der Waals surface area contributed by atoms with Crippen molar-refractivity contribution in [3.8, 4) is 63.0 Å². The Bertz CT molecular complexity index is 3740. The molecule has 0 bridgehead atoms. The van der Waals surface area contributed by atoms with E-state index in [4.69, 9.17) is 19.7 Å². The fraction of sp³-hybridized carbons (Fsp3) is 0.0182. The summed E-state index contributed by atoms with van der Waals surface area (Å²) in [4.78, 5) is 10.9. The third kappa shape index (κ3) is 6.51. The number of hydrogen-bond acceptors (Lipinski definition) is 3. The molecule has 8 aromatic carbocycles. The molecule has 0 aliphatic rings. The minimum Gasteiger partial charge on any atom is -0.309 e. The molecule has 0 radical (unpaired) electrons. The first-order valence-corrected chi connectivity index (χ1v) is 20.2. The van der Waals surface area contributed by atoms with E-state index in [1.165, 1.54) is 18.2 Å². The molecule has 0 amide bonds. The first-order chi connectivity index (χ1) is 32.0. The fourth-order valence-corrected chi connectivity index (χ4v) is 8.95. The van der Waals surface area contributed by atoms with Crippen LogP contribution >= 0.6 is 0 Å². The molecule has 8 nitrogen and oxygen atoms in total. The quantitative estimate of drug-likeness (QED) is 0.161. The molecule has 0 unspecified atom stereocenters. The number of hydrogen-bond donors (Lipinski definition) is 0. The lowest BCUT2D eigenvalue weighted by atomic mass is 9.95. The minimum absolute atomic E-state index is 0.184. The fourth-order valence-electron chi connectivity index (χ4n) is 8.95. The van der Waals surface area contributed by atoms with E-state index >= 15 is 0 Å². The van der Waals surface area contributed by atoms with E-state index in [0.717, 1.165) is 33.7 Å². The molecule has 2 heterocycles. The zero-order chi connectivity index (χ0) is 45.9. The molecule has 0 aliphatic heterocycles. The number of nitriles is 3. The highest BCUT2D eigenvalue weighted by atomic mass is 19.4. The minimum atomic E-state index is -4.74. The van der Waals surface area contributed by atoms with Crippen LogP contribution in [0.25, 0.3) is 103 Å². The van der Waals surface area contributed by atoms with Crippen molar-refractivity contribution >= 4 is 60.7 Å². The van der Waals surface area contributed by atoms with Gasteiger partial charge in [-0.2, -0.15) is 29.0 Å². The van der Waals surface area contributed by atoms with Gasteiger partial charge in [-0.05, 0) is 107 Å². The smallest absolute Gasteiger partial charge is 0.309 e. The summed E-state index contributed by atoms with van der Waals surface area (Å²) >= 11 is 0. The highest BCUT2D eigenvalue weighted by Gasteiger charge is 2.32. The number of para-hydroxylation sites is 2. The Labute approximate surface area is 374 Å².